The monoisotopic (exact) mass is 967 g/mol. The number of imide groups is 1. The minimum atomic E-state index is -0.993. The summed E-state index contributed by atoms with van der Waals surface area (Å²) in [7, 11) is 0. The molecule has 1 aliphatic carbocycles. The van der Waals surface area contributed by atoms with E-state index in [9.17, 15) is 19.2 Å². The molecule has 0 spiro atoms. The van der Waals surface area contributed by atoms with E-state index >= 15 is 8.78 Å². The minimum absolute atomic E-state index is 0.0921. The molecule has 5 fully saturated rings. The van der Waals surface area contributed by atoms with E-state index in [4.69, 9.17) is 29.8 Å². The van der Waals surface area contributed by atoms with Gasteiger partial charge in [-0.15, -0.1) is 0 Å². The molecule has 0 radical (unpaired) electrons. The number of piperazine rings is 1. The van der Waals surface area contributed by atoms with E-state index in [1.165, 1.54) is 6.33 Å². The highest BCUT2D eigenvalue weighted by atomic mass is 19.1. The van der Waals surface area contributed by atoms with Crippen LogP contribution >= 0.6 is 0 Å². The quantitative estimate of drug-likeness (QED) is 0.178. The van der Waals surface area contributed by atoms with Crippen LogP contribution in [0, 0.1) is 23.5 Å². The number of amidine groups is 1. The topological polar surface area (TPSA) is 232 Å². The van der Waals surface area contributed by atoms with Crippen molar-refractivity contribution < 1.29 is 42.0 Å². The number of halogens is 2. The molecule has 372 valence electrons. The number of aliphatic imine (C=N–C) groups is 1. The molecule has 1 saturated carbocycles. The minimum Gasteiger partial charge on any atom is -0.480 e. The lowest BCUT2D eigenvalue weighted by Crippen LogP contribution is -2.50. The molecule has 4 amide bonds. The highest BCUT2D eigenvalue weighted by Crippen LogP contribution is 2.45. The highest BCUT2D eigenvalue weighted by Gasteiger charge is 2.38. The van der Waals surface area contributed by atoms with Crippen molar-refractivity contribution in [2.45, 2.75) is 89.7 Å². The van der Waals surface area contributed by atoms with Crippen molar-refractivity contribution in [2.24, 2.45) is 16.8 Å². The number of nitrogens with one attached hydrogen (secondary N) is 2. The van der Waals surface area contributed by atoms with E-state index < -0.39 is 35.6 Å². The van der Waals surface area contributed by atoms with Crippen molar-refractivity contribution in [3.63, 3.8) is 0 Å². The summed E-state index contributed by atoms with van der Waals surface area (Å²) in [5.41, 5.74) is 9.51. The third-order valence-electron chi connectivity index (χ3n) is 14.3. The first-order valence-electron chi connectivity index (χ1n) is 24.3. The van der Waals surface area contributed by atoms with Crippen LogP contribution in [0.2, 0.25) is 0 Å². The van der Waals surface area contributed by atoms with Crippen LogP contribution in [-0.2, 0) is 24.7 Å². The first kappa shape index (κ1) is 47.0. The molecule has 10 rings (SSSR count). The molecule has 0 bridgehead atoms. The fraction of sp³-hybridized carbons (Fsp3) is 0.562. The summed E-state index contributed by atoms with van der Waals surface area (Å²) in [5, 5.41) is 15.7. The lowest BCUT2D eigenvalue weighted by atomic mass is 9.89. The third-order valence-corrected chi connectivity index (χ3v) is 14.3. The number of nitrogens with two attached hydrogens (primary N) is 1. The number of nitrogens with zero attached hydrogens (tertiary/aromatic N) is 10. The van der Waals surface area contributed by atoms with Gasteiger partial charge in [-0.1, -0.05) is 5.16 Å². The Morgan fingerprint density at radius 2 is 1.60 bits per heavy atom. The number of amides is 4. The lowest BCUT2D eigenvalue weighted by Gasteiger charge is -2.39. The number of nitrogen functional groups attached to an aromatic ring is 1. The van der Waals surface area contributed by atoms with Crippen LogP contribution in [0.1, 0.15) is 89.4 Å². The van der Waals surface area contributed by atoms with Crippen molar-refractivity contribution in [3.05, 3.63) is 53.2 Å². The third kappa shape index (κ3) is 9.73. The van der Waals surface area contributed by atoms with E-state index in [2.05, 4.69) is 30.7 Å². The number of aromatic nitrogens is 5. The van der Waals surface area contributed by atoms with Crippen LogP contribution in [0.4, 0.5) is 25.1 Å². The zero-order valence-electron chi connectivity index (χ0n) is 39.7. The number of benzene rings is 1. The van der Waals surface area contributed by atoms with Gasteiger partial charge in [-0.25, -0.2) is 28.2 Å². The molecule has 8 heterocycles. The molecule has 4 N–H and O–H groups in total. The first-order valence-corrected chi connectivity index (χ1v) is 24.3. The van der Waals surface area contributed by atoms with Gasteiger partial charge >= 0.3 is 6.09 Å². The predicted molar refractivity (Wildman–Crippen MR) is 252 cm³/mol. The molecule has 3 aromatic heterocycles. The Hall–Kier alpha value is -6.71. The van der Waals surface area contributed by atoms with Crippen LogP contribution in [-0.4, -0.2) is 147 Å². The average Bonchev–Trinajstić information content (AvgIpc) is 3.96. The Balaban J connectivity index is 0.654. The van der Waals surface area contributed by atoms with Gasteiger partial charge in [0.15, 0.2) is 35.8 Å². The van der Waals surface area contributed by atoms with Gasteiger partial charge in [-0.05, 0) is 76.7 Å². The van der Waals surface area contributed by atoms with Gasteiger partial charge in [0, 0.05) is 96.0 Å². The SMILES string of the molecule is CC(C)(C)n1nc(-c2noc(C3CC3)c2C2=NCC(C3CCN(C(=O)OCC(=O)N4CCC(CN5CCN(c6c(F)cc(O[C@@H]7CCC(=O)NC7=O)cc6F)CC5)CC4)CC3)=CN2)c2c(N)ncnc21. The van der Waals surface area contributed by atoms with E-state index in [-0.39, 0.29) is 54.2 Å². The standard InChI is InChI=1S/C48H59F2N13O7/c1-48(2,3)63-45-38(43(51)54-26-55-45)39(57-63)40-37(42(70-58-40)29-4-5-29)44-52-22-30(23-53-44)28-10-14-62(15-11-28)47(67)68-25-36(65)60-12-8-27(9-13-60)24-59-16-18-61(19-17-59)41-32(49)20-31(21-33(41)50)69-34-6-7-35(64)56-46(34)66/h20-22,26-29,34H,4-19,23-25H2,1-3H3,(H,52,53)(H2,51,54,55)(H,56,64,66)/t34-/m1/s1. The van der Waals surface area contributed by atoms with Gasteiger partial charge in [-0.3, -0.25) is 29.6 Å². The van der Waals surface area contributed by atoms with E-state index in [0.29, 0.717) is 98.9 Å². The summed E-state index contributed by atoms with van der Waals surface area (Å²) in [4.78, 5) is 71.0. The molecular weight excluding hydrogens is 909 g/mol. The maximum Gasteiger partial charge on any atom is 0.410 e. The second-order valence-corrected chi connectivity index (χ2v) is 20.2. The number of piperidine rings is 3. The molecule has 20 nitrogen and oxygen atoms in total. The number of carbonyl (C=O) groups excluding carboxylic acids is 4. The van der Waals surface area contributed by atoms with Crippen molar-refractivity contribution in [1.29, 1.82) is 0 Å². The number of anilines is 2. The number of carbonyl (C=O) groups is 4. The van der Waals surface area contributed by atoms with Crippen molar-refractivity contribution in [2.75, 3.05) is 82.7 Å². The van der Waals surface area contributed by atoms with Crippen LogP contribution < -0.4 is 26.0 Å². The van der Waals surface area contributed by atoms with Crippen LogP contribution in [0.5, 0.6) is 5.75 Å². The van der Waals surface area contributed by atoms with Crippen molar-refractivity contribution >= 4 is 52.2 Å². The summed E-state index contributed by atoms with van der Waals surface area (Å²) in [5.74, 6) is -0.364. The summed E-state index contributed by atoms with van der Waals surface area (Å²) >= 11 is 0. The Morgan fingerprint density at radius 1 is 0.886 bits per heavy atom. The van der Waals surface area contributed by atoms with Gasteiger partial charge in [-0.2, -0.15) is 5.10 Å². The van der Waals surface area contributed by atoms with Crippen molar-refractivity contribution in [3.8, 4) is 17.1 Å². The van der Waals surface area contributed by atoms with Crippen molar-refractivity contribution in [1.82, 2.24) is 50.2 Å². The second-order valence-electron chi connectivity index (χ2n) is 20.2. The van der Waals surface area contributed by atoms with E-state index in [1.54, 1.807) is 14.7 Å². The molecule has 1 atom stereocenters. The second kappa shape index (κ2) is 19.2. The molecule has 6 aliphatic rings. The molecule has 1 aromatic carbocycles. The number of hydrogen-bond donors (Lipinski definition) is 3. The fourth-order valence-corrected chi connectivity index (χ4v) is 10.2. The van der Waals surface area contributed by atoms with Gasteiger partial charge in [0.1, 0.15) is 40.8 Å². The van der Waals surface area contributed by atoms with Crippen LogP contribution in [0.15, 0.2) is 39.7 Å². The summed E-state index contributed by atoms with van der Waals surface area (Å²) < 4.78 is 49.3. The fourth-order valence-electron chi connectivity index (χ4n) is 10.2. The van der Waals surface area contributed by atoms with Gasteiger partial charge < -0.3 is 39.7 Å². The maximum absolute atomic E-state index is 15.2. The normalized spacial score (nSPS) is 21.1. The zero-order chi connectivity index (χ0) is 48.8. The lowest BCUT2D eigenvalue weighted by molar-refractivity contribution is -0.139. The average molecular weight is 968 g/mol. The molecule has 0 unspecified atom stereocenters. The van der Waals surface area contributed by atoms with Crippen LogP contribution in [0.25, 0.3) is 22.4 Å². The smallest absolute Gasteiger partial charge is 0.410 e. The molecular formula is C48H59F2N13O7. The number of ether oxygens (including phenoxy) is 2. The van der Waals surface area contributed by atoms with Gasteiger partial charge in [0.25, 0.3) is 11.8 Å². The van der Waals surface area contributed by atoms with E-state index in [0.717, 1.165) is 74.1 Å². The van der Waals surface area contributed by atoms with Gasteiger partial charge in [0.05, 0.1) is 23.0 Å². The Bertz CT molecular complexity index is 2720. The predicted octanol–water partition coefficient (Wildman–Crippen LogP) is 4.30. The Morgan fingerprint density at radius 3 is 2.26 bits per heavy atom. The van der Waals surface area contributed by atoms with Crippen LogP contribution in [0.3, 0.4) is 0 Å². The number of hydrogen-bond acceptors (Lipinski definition) is 16. The van der Waals surface area contributed by atoms with E-state index in [1.807, 2.05) is 31.7 Å². The number of rotatable bonds is 11. The zero-order valence-corrected chi connectivity index (χ0v) is 39.7. The van der Waals surface area contributed by atoms with Gasteiger partial charge in [0.2, 0.25) is 5.91 Å². The molecule has 4 aromatic rings. The number of likely N-dealkylation sites (tertiary alicyclic amines) is 2. The summed E-state index contributed by atoms with van der Waals surface area (Å²) in [6.07, 6.45) is 7.26. The Kier molecular flexibility index (Phi) is 12.9. The highest BCUT2D eigenvalue weighted by molar-refractivity contribution is 6.09. The summed E-state index contributed by atoms with van der Waals surface area (Å²) in [6.45, 7) is 11.3. The molecule has 5 aliphatic heterocycles. The summed E-state index contributed by atoms with van der Waals surface area (Å²) in [6, 6.07) is 2.16. The molecule has 22 heteroatoms. The largest absolute Gasteiger partial charge is 0.480 e. The Labute approximate surface area is 403 Å². The maximum atomic E-state index is 15.2. The molecule has 4 saturated heterocycles. The first-order chi connectivity index (χ1) is 33.7. The number of fused-ring (bicyclic) bond motifs is 1. The molecule has 70 heavy (non-hydrogen) atoms.